The van der Waals surface area contributed by atoms with Gasteiger partial charge in [-0.3, -0.25) is 0 Å². The molecule has 0 amide bonds. The number of halogens is 7. The van der Waals surface area contributed by atoms with Gasteiger partial charge in [0.1, 0.15) is 11.7 Å². The topological polar surface area (TPSA) is 31.2 Å². The number of benzene rings is 4. The van der Waals surface area contributed by atoms with Crippen LogP contribution in [-0.4, -0.2) is 41.2 Å². The summed E-state index contributed by atoms with van der Waals surface area (Å²) in [4.78, 5) is 14.4. The van der Waals surface area contributed by atoms with E-state index >= 15 is 0 Å². The molecule has 1 aliphatic heterocycles. The van der Waals surface area contributed by atoms with Gasteiger partial charge >= 0.3 is 12.4 Å². The van der Waals surface area contributed by atoms with Crippen LogP contribution in [0.3, 0.4) is 0 Å². The minimum absolute atomic E-state index is 0.0405. The van der Waals surface area contributed by atoms with Crippen molar-refractivity contribution in [3.05, 3.63) is 127 Å². The smallest absolute Gasteiger partial charge is 0.338 e. The lowest BCUT2D eigenvalue weighted by molar-refractivity contribution is -0.143. The normalized spacial score (nSPS) is 14.8. The van der Waals surface area contributed by atoms with Gasteiger partial charge < -0.3 is 9.80 Å². The number of rotatable bonds is 9. The van der Waals surface area contributed by atoms with Crippen molar-refractivity contribution in [3.8, 4) is 0 Å². The summed E-state index contributed by atoms with van der Waals surface area (Å²) in [5, 5.41) is 0.257. The van der Waals surface area contributed by atoms with Crippen molar-refractivity contribution in [3.63, 3.8) is 0 Å². The predicted molar refractivity (Wildman–Crippen MR) is 231 cm³/mol. The molecule has 1 fully saturated rings. The highest BCUT2D eigenvalue weighted by Gasteiger charge is 2.38. The zero-order chi connectivity index (χ0) is 43.7. The van der Waals surface area contributed by atoms with Crippen LogP contribution in [-0.2, 0) is 18.8 Å². The molecular weight excluding hydrogens is 782 g/mol. The third-order valence-electron chi connectivity index (χ3n) is 11.0. The summed E-state index contributed by atoms with van der Waals surface area (Å²) in [5.74, 6) is 1.33. The summed E-state index contributed by atoms with van der Waals surface area (Å²) in [7, 11) is 0. The van der Waals surface area contributed by atoms with Crippen molar-refractivity contribution >= 4 is 34.6 Å². The maximum Gasteiger partial charge on any atom is 0.416 e. The number of hydrogen-bond acceptors (Lipinski definition) is 2. The number of para-hydroxylation sites is 1. The van der Waals surface area contributed by atoms with Crippen LogP contribution in [0.5, 0.6) is 0 Å². The molecule has 11 heteroatoms. The summed E-state index contributed by atoms with van der Waals surface area (Å²) < 4.78 is 86.2. The van der Waals surface area contributed by atoms with Gasteiger partial charge in [0.05, 0.1) is 34.2 Å². The Hall–Kier alpha value is -4.31. The first-order valence-corrected chi connectivity index (χ1v) is 20.9. The molecule has 4 nitrogen and oxygen atoms in total. The molecular formula is C48H57ClF6N4. The number of aliphatic imine (C=N–C) groups is 2. The molecule has 0 radical (unpaired) electrons. The van der Waals surface area contributed by atoms with Crippen LogP contribution >= 0.6 is 11.6 Å². The standard InChI is InChI=1S/C48H57ClF6N4/c1-12-33-19-32(11)43(41(49)21-33)56-45(35-22-36(47(50,51)52)25-37(23-35)48(53,54)55)58-17-14-18-59(26-58)46(42-31(10)20-34(27(2)3)24-40(42)30(8)9)57-44-38(28(4)5)15-13-16-39(44)29(6)7/h13,15-16,19-25,27-30H,12,14,17-18,26H2,1-11H3. The lowest BCUT2D eigenvalue weighted by Gasteiger charge is -2.40. The third kappa shape index (κ3) is 10.4. The van der Waals surface area contributed by atoms with E-state index < -0.39 is 23.5 Å². The van der Waals surface area contributed by atoms with Gasteiger partial charge in [-0.05, 0) is 114 Å². The minimum Gasteiger partial charge on any atom is -0.338 e. The highest BCUT2D eigenvalue weighted by Crippen LogP contribution is 2.40. The van der Waals surface area contributed by atoms with Gasteiger partial charge in [0.15, 0.2) is 0 Å². The Morgan fingerprint density at radius 2 is 1.17 bits per heavy atom. The number of amidine groups is 2. The van der Waals surface area contributed by atoms with Crippen LogP contribution in [0.4, 0.5) is 37.7 Å². The molecule has 0 saturated carbocycles. The molecule has 318 valence electrons. The Balaban J connectivity index is 1.83. The van der Waals surface area contributed by atoms with Crippen LogP contribution in [0.1, 0.15) is 154 Å². The Morgan fingerprint density at radius 1 is 0.644 bits per heavy atom. The van der Waals surface area contributed by atoms with Crippen molar-refractivity contribution in [2.75, 3.05) is 19.8 Å². The predicted octanol–water partition coefficient (Wildman–Crippen LogP) is 14.9. The first-order chi connectivity index (χ1) is 27.5. The molecule has 4 aromatic rings. The first kappa shape index (κ1) is 45.8. The molecule has 4 aromatic carbocycles. The molecule has 1 aliphatic rings. The zero-order valence-electron chi connectivity index (χ0n) is 36.1. The average Bonchev–Trinajstić information content (AvgIpc) is 3.15. The van der Waals surface area contributed by atoms with Gasteiger partial charge in [-0.15, -0.1) is 0 Å². The second-order valence-corrected chi connectivity index (χ2v) is 17.4. The van der Waals surface area contributed by atoms with Crippen molar-refractivity contribution < 1.29 is 26.3 Å². The van der Waals surface area contributed by atoms with E-state index in [1.54, 1.807) is 17.9 Å². The van der Waals surface area contributed by atoms with Crippen LogP contribution in [0.15, 0.2) is 70.6 Å². The average molecular weight is 839 g/mol. The minimum atomic E-state index is -5.05. The van der Waals surface area contributed by atoms with Crippen molar-refractivity contribution in [1.82, 2.24) is 9.80 Å². The Morgan fingerprint density at radius 3 is 1.64 bits per heavy atom. The summed E-state index contributed by atoms with van der Waals surface area (Å²) in [5.41, 5.74) is 6.06. The van der Waals surface area contributed by atoms with Crippen LogP contribution in [0.25, 0.3) is 0 Å². The largest absolute Gasteiger partial charge is 0.416 e. The van der Waals surface area contributed by atoms with Gasteiger partial charge in [0.2, 0.25) is 0 Å². The maximum atomic E-state index is 14.4. The summed E-state index contributed by atoms with van der Waals surface area (Å²) in [6, 6.07) is 16.0. The Kier molecular flexibility index (Phi) is 14.1. The molecule has 5 rings (SSSR count). The van der Waals surface area contributed by atoms with Crippen LogP contribution in [0.2, 0.25) is 5.02 Å². The molecule has 0 bridgehead atoms. The quantitative estimate of drug-likeness (QED) is 0.0955. The highest BCUT2D eigenvalue weighted by atomic mass is 35.5. The van der Waals surface area contributed by atoms with Gasteiger partial charge in [-0.1, -0.05) is 110 Å². The van der Waals surface area contributed by atoms with Crippen molar-refractivity contribution in [2.24, 2.45) is 9.98 Å². The SMILES string of the molecule is CCc1cc(C)c(N=C(c2cc(C(F)(F)F)cc(C(F)(F)F)c2)N2CCCN(C(=Nc3c(C(C)C)cccc3C(C)C)c3c(C)cc(C(C)C)cc3C(C)C)C2)c(Cl)c1. The summed E-state index contributed by atoms with van der Waals surface area (Å²) in [6.45, 7) is 23.9. The summed E-state index contributed by atoms with van der Waals surface area (Å²) in [6.07, 6.45) is -8.89. The molecule has 0 aromatic heterocycles. The third-order valence-corrected chi connectivity index (χ3v) is 11.3. The Labute approximate surface area is 351 Å². The number of nitrogens with zero attached hydrogens (tertiary/aromatic N) is 4. The van der Waals surface area contributed by atoms with Gasteiger partial charge in [0.25, 0.3) is 0 Å². The van der Waals surface area contributed by atoms with Crippen molar-refractivity contribution in [1.29, 1.82) is 0 Å². The lowest BCUT2D eigenvalue weighted by atomic mass is 9.87. The molecule has 1 saturated heterocycles. The van der Waals surface area contributed by atoms with Crippen LogP contribution in [0, 0.1) is 13.8 Å². The zero-order valence-corrected chi connectivity index (χ0v) is 36.8. The van der Waals surface area contributed by atoms with Crippen molar-refractivity contribution in [2.45, 2.75) is 125 Å². The molecule has 0 N–H and O–H groups in total. The van der Waals surface area contributed by atoms with E-state index in [9.17, 15) is 26.3 Å². The van der Waals surface area contributed by atoms with E-state index in [0.717, 1.165) is 51.2 Å². The van der Waals surface area contributed by atoms with E-state index in [0.29, 0.717) is 37.3 Å². The lowest BCUT2D eigenvalue weighted by Crippen LogP contribution is -2.50. The van der Waals surface area contributed by atoms with Gasteiger partial charge in [-0.25, -0.2) is 9.98 Å². The molecule has 0 atom stereocenters. The monoisotopic (exact) mass is 838 g/mol. The highest BCUT2D eigenvalue weighted by molar-refractivity contribution is 6.33. The maximum absolute atomic E-state index is 14.4. The van der Waals surface area contributed by atoms with Crippen LogP contribution < -0.4 is 0 Å². The molecule has 0 unspecified atom stereocenters. The molecule has 1 heterocycles. The molecule has 59 heavy (non-hydrogen) atoms. The Bertz CT molecular complexity index is 2130. The first-order valence-electron chi connectivity index (χ1n) is 20.5. The van der Waals surface area contributed by atoms with E-state index in [4.69, 9.17) is 21.6 Å². The second kappa shape index (κ2) is 18.1. The number of hydrogen-bond donors (Lipinski definition) is 0. The fourth-order valence-corrected chi connectivity index (χ4v) is 8.11. The van der Waals surface area contributed by atoms with E-state index in [2.05, 4.69) is 97.5 Å². The van der Waals surface area contributed by atoms with E-state index in [-0.39, 0.29) is 58.5 Å². The van der Waals surface area contributed by atoms with Gasteiger partial charge in [-0.2, -0.15) is 26.3 Å². The second-order valence-electron chi connectivity index (χ2n) is 17.0. The number of aryl methyl sites for hydroxylation is 3. The van der Waals surface area contributed by atoms with E-state index in [1.165, 1.54) is 5.56 Å². The molecule has 0 aliphatic carbocycles. The summed E-state index contributed by atoms with van der Waals surface area (Å²) >= 11 is 6.81. The fourth-order valence-electron chi connectivity index (χ4n) is 7.78. The molecule has 0 spiro atoms. The van der Waals surface area contributed by atoms with E-state index in [1.807, 2.05) is 13.0 Å². The fraction of sp³-hybridized carbons (Fsp3) is 0.458. The number of alkyl halides is 6. The van der Waals surface area contributed by atoms with Gasteiger partial charge in [0, 0.05) is 24.2 Å².